The second-order valence-electron chi connectivity index (χ2n) is 3.57. The van der Waals surface area contributed by atoms with Crippen LogP contribution in [0.5, 0.6) is 0 Å². The van der Waals surface area contributed by atoms with Gasteiger partial charge in [-0.05, 0) is 19.1 Å². The number of rotatable bonds is 4. The molecule has 1 amide bonds. The molecule has 0 heterocycles. The minimum atomic E-state index is -1.22. The average Bonchev–Trinajstić information content (AvgIpc) is 2.32. The SMILES string of the molecule is CCOC(=O)CN(C)C(=O)c1cccc(F)c1F. The second kappa shape index (κ2) is 6.09. The number of likely N-dealkylation sites (N-methyl/N-ethyl adjacent to an activating group) is 1. The van der Waals surface area contributed by atoms with E-state index in [0.29, 0.717) is 0 Å². The number of carbonyl (C=O) groups excluding carboxylic acids is 2. The van der Waals surface area contributed by atoms with E-state index < -0.39 is 29.1 Å². The van der Waals surface area contributed by atoms with Gasteiger partial charge >= 0.3 is 5.97 Å². The van der Waals surface area contributed by atoms with Crippen LogP contribution in [-0.4, -0.2) is 37.0 Å². The van der Waals surface area contributed by atoms with E-state index in [9.17, 15) is 18.4 Å². The minimum absolute atomic E-state index is 0.190. The van der Waals surface area contributed by atoms with Crippen LogP contribution >= 0.6 is 0 Å². The van der Waals surface area contributed by atoms with Crippen molar-refractivity contribution in [1.29, 1.82) is 0 Å². The van der Waals surface area contributed by atoms with Crippen molar-refractivity contribution in [1.82, 2.24) is 4.90 Å². The Morgan fingerprint density at radius 1 is 1.33 bits per heavy atom. The van der Waals surface area contributed by atoms with Gasteiger partial charge in [0.1, 0.15) is 6.54 Å². The smallest absolute Gasteiger partial charge is 0.325 e. The van der Waals surface area contributed by atoms with Crippen LogP contribution in [0.4, 0.5) is 8.78 Å². The molecule has 1 rings (SSSR count). The van der Waals surface area contributed by atoms with Gasteiger partial charge in [-0.2, -0.15) is 0 Å². The van der Waals surface area contributed by atoms with Crippen molar-refractivity contribution in [2.45, 2.75) is 6.92 Å². The van der Waals surface area contributed by atoms with E-state index in [1.54, 1.807) is 6.92 Å². The van der Waals surface area contributed by atoms with Crippen LogP contribution < -0.4 is 0 Å². The maximum absolute atomic E-state index is 13.4. The fraction of sp³-hybridized carbons (Fsp3) is 0.333. The molecule has 1 aromatic carbocycles. The largest absolute Gasteiger partial charge is 0.465 e. The van der Waals surface area contributed by atoms with Gasteiger partial charge in [-0.15, -0.1) is 0 Å². The lowest BCUT2D eigenvalue weighted by molar-refractivity contribution is -0.143. The highest BCUT2D eigenvalue weighted by molar-refractivity contribution is 5.96. The third kappa shape index (κ3) is 3.26. The van der Waals surface area contributed by atoms with Crippen molar-refractivity contribution in [2.24, 2.45) is 0 Å². The number of esters is 1. The fourth-order valence-electron chi connectivity index (χ4n) is 1.35. The summed E-state index contributed by atoms with van der Waals surface area (Å²) in [7, 11) is 1.31. The molecular formula is C12H13F2NO3. The van der Waals surface area contributed by atoms with Gasteiger partial charge in [-0.3, -0.25) is 9.59 Å². The number of halogens is 2. The van der Waals surface area contributed by atoms with E-state index in [2.05, 4.69) is 4.74 Å². The maximum Gasteiger partial charge on any atom is 0.325 e. The van der Waals surface area contributed by atoms with Crippen LogP contribution in [-0.2, 0) is 9.53 Å². The monoisotopic (exact) mass is 257 g/mol. The topological polar surface area (TPSA) is 46.6 Å². The number of benzene rings is 1. The molecule has 0 bridgehead atoms. The summed E-state index contributed by atoms with van der Waals surface area (Å²) in [4.78, 5) is 23.9. The summed E-state index contributed by atoms with van der Waals surface area (Å²) in [5.74, 6) is -3.71. The highest BCUT2D eigenvalue weighted by atomic mass is 19.2. The molecule has 6 heteroatoms. The Labute approximate surface area is 103 Å². The summed E-state index contributed by atoms with van der Waals surface area (Å²) < 4.78 is 31.0. The molecule has 0 aromatic heterocycles. The van der Waals surface area contributed by atoms with E-state index in [-0.39, 0.29) is 13.2 Å². The molecule has 0 N–H and O–H groups in total. The standard InChI is InChI=1S/C12H13F2NO3/c1-3-18-10(16)7-15(2)12(17)8-5-4-6-9(13)11(8)14/h4-6H,3,7H2,1-2H3. The molecule has 0 aliphatic carbocycles. The number of carbonyl (C=O) groups is 2. The molecule has 0 atom stereocenters. The molecule has 0 radical (unpaired) electrons. The first-order valence-electron chi connectivity index (χ1n) is 5.32. The molecule has 1 aromatic rings. The zero-order valence-electron chi connectivity index (χ0n) is 10.1. The molecule has 0 fully saturated rings. The Bertz CT molecular complexity index is 463. The first-order chi connectivity index (χ1) is 8.47. The van der Waals surface area contributed by atoms with Gasteiger partial charge in [-0.1, -0.05) is 6.07 Å². The molecule has 0 aliphatic heterocycles. The first-order valence-corrected chi connectivity index (χ1v) is 5.32. The highest BCUT2D eigenvalue weighted by Gasteiger charge is 2.20. The summed E-state index contributed by atoms with van der Waals surface area (Å²) in [6.07, 6.45) is 0. The lowest BCUT2D eigenvalue weighted by Crippen LogP contribution is -2.33. The van der Waals surface area contributed by atoms with Crippen molar-refractivity contribution in [2.75, 3.05) is 20.2 Å². The molecule has 0 spiro atoms. The Balaban J connectivity index is 2.81. The fourth-order valence-corrected chi connectivity index (χ4v) is 1.35. The van der Waals surface area contributed by atoms with Crippen LogP contribution in [0, 0.1) is 11.6 Å². The predicted molar refractivity (Wildman–Crippen MR) is 60.0 cm³/mol. The van der Waals surface area contributed by atoms with E-state index in [4.69, 9.17) is 0 Å². The lowest BCUT2D eigenvalue weighted by Gasteiger charge is -2.16. The van der Waals surface area contributed by atoms with E-state index in [1.165, 1.54) is 13.1 Å². The lowest BCUT2D eigenvalue weighted by atomic mass is 10.2. The van der Waals surface area contributed by atoms with Gasteiger partial charge in [0.05, 0.1) is 12.2 Å². The minimum Gasteiger partial charge on any atom is -0.465 e. The van der Waals surface area contributed by atoms with Crippen LogP contribution in [0.1, 0.15) is 17.3 Å². The first kappa shape index (κ1) is 14.1. The molecule has 0 unspecified atom stereocenters. The number of nitrogens with zero attached hydrogens (tertiary/aromatic N) is 1. The zero-order valence-corrected chi connectivity index (χ0v) is 10.1. The van der Waals surface area contributed by atoms with Crippen LogP contribution in [0.3, 0.4) is 0 Å². The van der Waals surface area contributed by atoms with Crippen molar-refractivity contribution in [3.8, 4) is 0 Å². The Morgan fingerprint density at radius 3 is 2.61 bits per heavy atom. The van der Waals surface area contributed by atoms with Crippen molar-refractivity contribution < 1.29 is 23.1 Å². The summed E-state index contributed by atoms with van der Waals surface area (Å²) in [6, 6.07) is 3.30. The third-order valence-corrected chi connectivity index (χ3v) is 2.20. The molecule has 98 valence electrons. The molecule has 0 saturated carbocycles. The van der Waals surface area contributed by atoms with Gasteiger partial charge in [0.25, 0.3) is 5.91 Å². The van der Waals surface area contributed by atoms with E-state index in [1.807, 2.05) is 0 Å². The third-order valence-electron chi connectivity index (χ3n) is 2.20. The summed E-state index contributed by atoms with van der Waals surface area (Å²) in [6.45, 7) is 1.50. The number of amides is 1. The second-order valence-corrected chi connectivity index (χ2v) is 3.57. The molecular weight excluding hydrogens is 244 g/mol. The van der Waals surface area contributed by atoms with Gasteiger partial charge in [0.15, 0.2) is 11.6 Å². The van der Waals surface area contributed by atoms with Gasteiger partial charge < -0.3 is 9.64 Å². The Hall–Kier alpha value is -1.98. The molecule has 0 saturated heterocycles. The van der Waals surface area contributed by atoms with Gasteiger partial charge in [0, 0.05) is 7.05 Å². The van der Waals surface area contributed by atoms with Crippen LogP contribution in [0.2, 0.25) is 0 Å². The van der Waals surface area contributed by atoms with E-state index >= 15 is 0 Å². The molecule has 0 aliphatic rings. The molecule has 18 heavy (non-hydrogen) atoms. The molecule has 4 nitrogen and oxygen atoms in total. The summed E-state index contributed by atoms with van der Waals surface area (Å²) in [5, 5.41) is 0. The normalized spacial score (nSPS) is 10.0. The number of hydrogen-bond donors (Lipinski definition) is 0. The quantitative estimate of drug-likeness (QED) is 0.770. The zero-order chi connectivity index (χ0) is 13.7. The average molecular weight is 257 g/mol. The Morgan fingerprint density at radius 2 is 2.00 bits per heavy atom. The number of hydrogen-bond acceptors (Lipinski definition) is 3. The number of ether oxygens (including phenoxy) is 1. The predicted octanol–water partition coefficient (Wildman–Crippen LogP) is 1.60. The highest BCUT2D eigenvalue weighted by Crippen LogP contribution is 2.13. The van der Waals surface area contributed by atoms with E-state index in [0.717, 1.165) is 17.0 Å². The van der Waals surface area contributed by atoms with Crippen molar-refractivity contribution in [3.05, 3.63) is 35.4 Å². The van der Waals surface area contributed by atoms with Crippen LogP contribution in [0.15, 0.2) is 18.2 Å². The maximum atomic E-state index is 13.4. The summed E-state index contributed by atoms with van der Waals surface area (Å²) >= 11 is 0. The van der Waals surface area contributed by atoms with Gasteiger partial charge in [-0.25, -0.2) is 8.78 Å². The summed E-state index contributed by atoms with van der Waals surface area (Å²) in [5.41, 5.74) is -0.415. The van der Waals surface area contributed by atoms with Gasteiger partial charge in [0.2, 0.25) is 0 Å². The van der Waals surface area contributed by atoms with Crippen molar-refractivity contribution >= 4 is 11.9 Å². The van der Waals surface area contributed by atoms with Crippen molar-refractivity contribution in [3.63, 3.8) is 0 Å². The van der Waals surface area contributed by atoms with Crippen LogP contribution in [0.25, 0.3) is 0 Å². The Kier molecular flexibility index (Phi) is 4.76.